The number of carbonyl (C=O) groups excluding carboxylic acids is 1. The molecule has 0 spiro atoms. The Morgan fingerprint density at radius 2 is 2.19 bits per heavy atom. The van der Waals surface area contributed by atoms with Crippen LogP contribution in [0.15, 0.2) is 18.2 Å². The number of urea groups is 1. The highest BCUT2D eigenvalue weighted by atomic mass is 16.4. The summed E-state index contributed by atoms with van der Waals surface area (Å²) in [6.07, 6.45) is 1.84. The molecule has 2 N–H and O–H groups in total. The predicted octanol–water partition coefficient (Wildman–Crippen LogP) is 1.02. The van der Waals surface area contributed by atoms with Crippen LogP contribution >= 0.6 is 0 Å². The second-order valence-electron chi connectivity index (χ2n) is 5.32. The second kappa shape index (κ2) is 6.43. The van der Waals surface area contributed by atoms with E-state index in [0.29, 0.717) is 12.4 Å². The van der Waals surface area contributed by atoms with Gasteiger partial charge >= 0.3 is 12.0 Å². The molecule has 2 rings (SSSR count). The lowest BCUT2D eigenvalue weighted by Gasteiger charge is -2.34. The van der Waals surface area contributed by atoms with Crippen molar-refractivity contribution in [3.05, 3.63) is 23.9 Å². The van der Waals surface area contributed by atoms with Crippen molar-refractivity contribution < 1.29 is 14.7 Å². The van der Waals surface area contributed by atoms with Crippen LogP contribution in [0.4, 0.5) is 10.6 Å². The number of aromatic nitrogens is 1. The zero-order valence-electron chi connectivity index (χ0n) is 12.2. The van der Waals surface area contributed by atoms with Crippen LogP contribution in [-0.2, 0) is 0 Å². The molecule has 1 aromatic rings. The molecular formula is C14H20N4O3. The fourth-order valence-corrected chi connectivity index (χ4v) is 2.33. The van der Waals surface area contributed by atoms with E-state index < -0.39 is 5.97 Å². The fourth-order valence-electron chi connectivity index (χ4n) is 2.33. The minimum Gasteiger partial charge on any atom is -0.477 e. The number of piperidine rings is 1. The SMILES string of the molecule is CN(C)C(=O)NC1CCCN(c2cccc(C(=O)O)n2)C1. The molecule has 2 amide bonds. The molecule has 1 aliphatic heterocycles. The Hall–Kier alpha value is -2.31. The predicted molar refractivity (Wildman–Crippen MR) is 78.7 cm³/mol. The first kappa shape index (κ1) is 15.1. The van der Waals surface area contributed by atoms with E-state index in [0.717, 1.165) is 19.4 Å². The van der Waals surface area contributed by atoms with Gasteiger partial charge in [0.1, 0.15) is 5.82 Å². The van der Waals surface area contributed by atoms with Crippen molar-refractivity contribution in [2.45, 2.75) is 18.9 Å². The van der Waals surface area contributed by atoms with Crippen LogP contribution in [-0.4, -0.2) is 60.2 Å². The lowest BCUT2D eigenvalue weighted by molar-refractivity contribution is 0.0690. The van der Waals surface area contributed by atoms with Gasteiger partial charge < -0.3 is 20.2 Å². The molecule has 1 saturated heterocycles. The monoisotopic (exact) mass is 292 g/mol. The zero-order chi connectivity index (χ0) is 15.4. The number of anilines is 1. The molecule has 7 heteroatoms. The largest absolute Gasteiger partial charge is 0.477 e. The molecule has 21 heavy (non-hydrogen) atoms. The smallest absolute Gasteiger partial charge is 0.354 e. The lowest BCUT2D eigenvalue weighted by Crippen LogP contribution is -2.50. The normalized spacial score (nSPS) is 18.2. The van der Waals surface area contributed by atoms with Crippen molar-refractivity contribution >= 4 is 17.8 Å². The topological polar surface area (TPSA) is 85.8 Å². The van der Waals surface area contributed by atoms with Crippen molar-refractivity contribution in [2.75, 3.05) is 32.1 Å². The van der Waals surface area contributed by atoms with Crippen LogP contribution in [0.1, 0.15) is 23.3 Å². The number of nitrogens with zero attached hydrogens (tertiary/aromatic N) is 3. The molecule has 0 radical (unpaired) electrons. The number of nitrogens with one attached hydrogen (secondary N) is 1. The maximum atomic E-state index is 11.7. The van der Waals surface area contributed by atoms with Gasteiger partial charge in [-0.15, -0.1) is 0 Å². The third kappa shape index (κ3) is 3.84. The van der Waals surface area contributed by atoms with E-state index in [9.17, 15) is 9.59 Å². The minimum absolute atomic E-state index is 0.0342. The van der Waals surface area contributed by atoms with Crippen LogP contribution in [0.5, 0.6) is 0 Å². The first-order valence-corrected chi connectivity index (χ1v) is 6.90. The number of carboxylic acids is 1. The quantitative estimate of drug-likeness (QED) is 0.868. The summed E-state index contributed by atoms with van der Waals surface area (Å²) in [5.74, 6) is -0.398. The summed E-state index contributed by atoms with van der Waals surface area (Å²) in [6.45, 7) is 1.44. The Balaban J connectivity index is 2.05. The number of pyridine rings is 1. The van der Waals surface area contributed by atoms with Crippen LogP contribution in [0, 0.1) is 0 Å². The number of carboxylic acid groups (broad SMARTS) is 1. The van der Waals surface area contributed by atoms with Crippen LogP contribution in [0.3, 0.4) is 0 Å². The van der Waals surface area contributed by atoms with Gasteiger partial charge in [0.2, 0.25) is 0 Å². The molecule has 1 unspecified atom stereocenters. The van der Waals surface area contributed by atoms with Gasteiger partial charge in [-0.2, -0.15) is 0 Å². The van der Waals surface area contributed by atoms with Gasteiger partial charge in [0.15, 0.2) is 5.69 Å². The summed E-state index contributed by atoms with van der Waals surface area (Å²) in [5, 5.41) is 12.0. The van der Waals surface area contributed by atoms with E-state index in [2.05, 4.69) is 10.3 Å². The standard InChI is InChI=1S/C14H20N4O3/c1-17(2)14(21)15-10-5-4-8-18(9-10)12-7-3-6-11(16-12)13(19)20/h3,6-7,10H,4-5,8-9H2,1-2H3,(H,15,21)(H,19,20). The van der Waals surface area contributed by atoms with Gasteiger partial charge in [-0.05, 0) is 25.0 Å². The number of hydrogen-bond acceptors (Lipinski definition) is 4. The van der Waals surface area contributed by atoms with Gasteiger partial charge in [0.25, 0.3) is 0 Å². The summed E-state index contributed by atoms with van der Waals surface area (Å²) < 4.78 is 0. The molecule has 0 saturated carbocycles. The van der Waals surface area contributed by atoms with E-state index in [1.165, 1.54) is 11.0 Å². The van der Waals surface area contributed by atoms with Crippen LogP contribution in [0.2, 0.25) is 0 Å². The Labute approximate surface area is 123 Å². The summed E-state index contributed by atoms with van der Waals surface area (Å²) in [7, 11) is 3.40. The molecule has 0 bridgehead atoms. The molecular weight excluding hydrogens is 272 g/mol. The zero-order valence-corrected chi connectivity index (χ0v) is 12.2. The van der Waals surface area contributed by atoms with Gasteiger partial charge in [0.05, 0.1) is 0 Å². The summed E-state index contributed by atoms with van der Waals surface area (Å²) in [5.41, 5.74) is 0.0342. The average Bonchev–Trinajstić information content (AvgIpc) is 2.47. The number of aromatic carboxylic acids is 1. The average molecular weight is 292 g/mol. The Morgan fingerprint density at radius 1 is 1.43 bits per heavy atom. The number of hydrogen-bond donors (Lipinski definition) is 2. The molecule has 1 fully saturated rings. The summed E-state index contributed by atoms with van der Waals surface area (Å²) in [4.78, 5) is 30.3. The Kier molecular flexibility index (Phi) is 4.62. The molecule has 1 atom stereocenters. The number of rotatable bonds is 3. The molecule has 0 aliphatic carbocycles. The molecule has 2 heterocycles. The third-order valence-corrected chi connectivity index (χ3v) is 3.43. The number of amides is 2. The van der Waals surface area contributed by atoms with Gasteiger partial charge in [-0.25, -0.2) is 14.6 Å². The van der Waals surface area contributed by atoms with E-state index >= 15 is 0 Å². The van der Waals surface area contributed by atoms with Gasteiger partial charge in [-0.3, -0.25) is 0 Å². The first-order chi connectivity index (χ1) is 9.97. The van der Waals surface area contributed by atoms with Gasteiger partial charge in [-0.1, -0.05) is 6.07 Å². The lowest BCUT2D eigenvalue weighted by atomic mass is 10.1. The molecule has 1 aliphatic rings. The molecule has 7 nitrogen and oxygen atoms in total. The maximum Gasteiger partial charge on any atom is 0.354 e. The molecule has 0 aromatic carbocycles. The van der Waals surface area contributed by atoms with Crippen molar-refractivity contribution in [1.29, 1.82) is 0 Å². The Bertz CT molecular complexity index is 533. The highest BCUT2D eigenvalue weighted by Crippen LogP contribution is 2.18. The van der Waals surface area contributed by atoms with Gasteiger partial charge in [0, 0.05) is 33.2 Å². The van der Waals surface area contributed by atoms with Crippen molar-refractivity contribution in [1.82, 2.24) is 15.2 Å². The summed E-state index contributed by atoms with van der Waals surface area (Å²) >= 11 is 0. The first-order valence-electron chi connectivity index (χ1n) is 6.90. The van der Waals surface area contributed by atoms with E-state index in [1.807, 2.05) is 4.90 Å². The summed E-state index contributed by atoms with van der Waals surface area (Å²) in [6, 6.07) is 4.88. The van der Waals surface area contributed by atoms with E-state index in [4.69, 9.17) is 5.11 Å². The molecule has 1 aromatic heterocycles. The second-order valence-corrected chi connectivity index (χ2v) is 5.32. The molecule has 114 valence electrons. The highest BCUT2D eigenvalue weighted by molar-refractivity contribution is 5.85. The van der Waals surface area contributed by atoms with Crippen LogP contribution < -0.4 is 10.2 Å². The fraction of sp³-hybridized carbons (Fsp3) is 0.500. The minimum atomic E-state index is -1.04. The highest BCUT2D eigenvalue weighted by Gasteiger charge is 2.23. The van der Waals surface area contributed by atoms with Crippen LogP contribution in [0.25, 0.3) is 0 Å². The van der Waals surface area contributed by atoms with E-state index in [-0.39, 0.29) is 17.8 Å². The third-order valence-electron chi connectivity index (χ3n) is 3.43. The van der Waals surface area contributed by atoms with Crippen molar-refractivity contribution in [2.24, 2.45) is 0 Å². The van der Waals surface area contributed by atoms with E-state index in [1.54, 1.807) is 26.2 Å². The maximum absolute atomic E-state index is 11.7. The number of carbonyl (C=O) groups is 2. The Morgan fingerprint density at radius 3 is 2.86 bits per heavy atom. The van der Waals surface area contributed by atoms with Crippen molar-refractivity contribution in [3.63, 3.8) is 0 Å². The van der Waals surface area contributed by atoms with Crippen molar-refractivity contribution in [3.8, 4) is 0 Å².